The Kier molecular flexibility index (Phi) is 4.23. The van der Waals surface area contributed by atoms with E-state index in [9.17, 15) is 4.79 Å². The highest BCUT2D eigenvalue weighted by atomic mass is 16.1. The predicted octanol–water partition coefficient (Wildman–Crippen LogP) is 3.05. The fraction of sp³-hybridized carbons (Fsp3) is 0.150. The Hall–Kier alpha value is -3.41. The van der Waals surface area contributed by atoms with Crippen LogP contribution >= 0.6 is 0 Å². The van der Waals surface area contributed by atoms with Crippen LogP contribution in [0.25, 0.3) is 22.3 Å². The molecular formula is C20H19N5O. The van der Waals surface area contributed by atoms with Crippen LogP contribution in [0.1, 0.15) is 11.1 Å². The van der Waals surface area contributed by atoms with Crippen molar-refractivity contribution < 1.29 is 4.79 Å². The number of para-hydroxylation sites is 1. The molecule has 0 fully saturated rings. The maximum Gasteiger partial charge on any atom is 0.240 e. The monoisotopic (exact) mass is 345 g/mol. The lowest BCUT2D eigenvalue weighted by Crippen LogP contribution is -2.26. The van der Waals surface area contributed by atoms with Crippen LogP contribution in [0.2, 0.25) is 0 Å². The average molecular weight is 345 g/mol. The molecule has 0 unspecified atom stereocenters. The molecule has 6 nitrogen and oxygen atoms in total. The first-order valence-corrected chi connectivity index (χ1v) is 8.46. The molecule has 0 bridgehead atoms. The molecule has 4 rings (SSSR count). The Morgan fingerprint density at radius 2 is 2.08 bits per heavy atom. The minimum absolute atomic E-state index is 0.0178. The molecule has 0 saturated carbocycles. The molecular weight excluding hydrogens is 326 g/mol. The lowest BCUT2D eigenvalue weighted by atomic mass is 10.1. The molecule has 4 aromatic rings. The van der Waals surface area contributed by atoms with Gasteiger partial charge in [0.1, 0.15) is 12.9 Å². The highest BCUT2D eigenvalue weighted by molar-refractivity contribution is 5.86. The standard InChI is InChI=1S/C20H19N5O/c1-14-11-25(18-8-3-2-7-17(14)18)12-19(26)21-10-15-5-4-6-16(9-15)20-22-13-23-24-20/h2-9,11,13H,10,12H2,1H3,(H,21,26)(H,22,23,24). The first-order chi connectivity index (χ1) is 12.7. The van der Waals surface area contributed by atoms with Crippen LogP contribution in [-0.2, 0) is 17.9 Å². The van der Waals surface area contributed by atoms with E-state index in [0.717, 1.165) is 16.6 Å². The summed E-state index contributed by atoms with van der Waals surface area (Å²) in [6.45, 7) is 2.83. The van der Waals surface area contributed by atoms with E-state index in [0.29, 0.717) is 18.9 Å². The van der Waals surface area contributed by atoms with Crippen LogP contribution < -0.4 is 5.32 Å². The molecule has 0 radical (unpaired) electrons. The number of benzene rings is 2. The summed E-state index contributed by atoms with van der Waals surface area (Å²) in [6.07, 6.45) is 3.50. The van der Waals surface area contributed by atoms with Crippen molar-refractivity contribution in [3.8, 4) is 11.4 Å². The number of aryl methyl sites for hydroxylation is 1. The van der Waals surface area contributed by atoms with Gasteiger partial charge in [-0.15, -0.1) is 0 Å². The van der Waals surface area contributed by atoms with Crippen molar-refractivity contribution in [3.63, 3.8) is 0 Å². The van der Waals surface area contributed by atoms with Crippen LogP contribution in [0.4, 0.5) is 0 Å². The summed E-state index contributed by atoms with van der Waals surface area (Å²) in [5, 5.41) is 10.9. The van der Waals surface area contributed by atoms with Gasteiger partial charge in [0, 0.05) is 29.2 Å². The van der Waals surface area contributed by atoms with Crippen LogP contribution in [0.3, 0.4) is 0 Å². The van der Waals surface area contributed by atoms with Gasteiger partial charge in [-0.05, 0) is 30.2 Å². The van der Waals surface area contributed by atoms with Gasteiger partial charge >= 0.3 is 0 Å². The maximum atomic E-state index is 12.4. The number of carbonyl (C=O) groups is 1. The summed E-state index contributed by atoms with van der Waals surface area (Å²) in [4.78, 5) is 16.5. The number of carbonyl (C=O) groups excluding carboxylic acids is 1. The van der Waals surface area contributed by atoms with Crippen molar-refractivity contribution >= 4 is 16.8 Å². The highest BCUT2D eigenvalue weighted by Crippen LogP contribution is 2.20. The van der Waals surface area contributed by atoms with Crippen LogP contribution in [0.5, 0.6) is 0 Å². The average Bonchev–Trinajstić information content (AvgIpc) is 3.30. The van der Waals surface area contributed by atoms with Crippen LogP contribution in [0, 0.1) is 6.92 Å². The van der Waals surface area contributed by atoms with Gasteiger partial charge in [-0.1, -0.05) is 36.4 Å². The predicted molar refractivity (Wildman–Crippen MR) is 100 cm³/mol. The largest absolute Gasteiger partial charge is 0.350 e. The molecule has 26 heavy (non-hydrogen) atoms. The second-order valence-electron chi connectivity index (χ2n) is 6.27. The fourth-order valence-electron chi connectivity index (χ4n) is 3.15. The van der Waals surface area contributed by atoms with Crippen molar-refractivity contribution in [2.75, 3.05) is 0 Å². The van der Waals surface area contributed by atoms with Crippen LogP contribution in [-0.4, -0.2) is 25.7 Å². The van der Waals surface area contributed by atoms with Crippen molar-refractivity contribution in [2.24, 2.45) is 0 Å². The van der Waals surface area contributed by atoms with E-state index in [1.165, 1.54) is 17.3 Å². The third kappa shape index (κ3) is 3.21. The lowest BCUT2D eigenvalue weighted by Gasteiger charge is -2.08. The van der Waals surface area contributed by atoms with Gasteiger partial charge in [-0.3, -0.25) is 9.89 Å². The van der Waals surface area contributed by atoms with E-state index in [1.54, 1.807) is 0 Å². The molecule has 2 aromatic heterocycles. The van der Waals surface area contributed by atoms with E-state index < -0.39 is 0 Å². The molecule has 1 amide bonds. The Morgan fingerprint density at radius 3 is 2.92 bits per heavy atom. The SMILES string of the molecule is Cc1cn(CC(=O)NCc2cccc(-c3ncn[nH]3)c2)c2ccccc12. The van der Waals surface area contributed by atoms with E-state index in [1.807, 2.05) is 53.2 Å². The summed E-state index contributed by atoms with van der Waals surface area (Å²) in [7, 11) is 0. The Balaban J connectivity index is 1.43. The highest BCUT2D eigenvalue weighted by Gasteiger charge is 2.09. The lowest BCUT2D eigenvalue weighted by molar-refractivity contribution is -0.121. The molecule has 0 aliphatic heterocycles. The van der Waals surface area contributed by atoms with E-state index in [2.05, 4.69) is 33.5 Å². The Bertz CT molecular complexity index is 1050. The second-order valence-corrected chi connectivity index (χ2v) is 6.27. The maximum absolute atomic E-state index is 12.4. The molecule has 0 aliphatic carbocycles. The zero-order chi connectivity index (χ0) is 17.9. The van der Waals surface area contributed by atoms with Crippen molar-refractivity contribution in [1.29, 1.82) is 0 Å². The normalized spacial score (nSPS) is 11.0. The number of aromatic nitrogens is 4. The number of amides is 1. The Labute approximate surface area is 150 Å². The smallest absolute Gasteiger partial charge is 0.240 e. The number of aromatic amines is 1. The molecule has 0 spiro atoms. The summed E-state index contributed by atoms with van der Waals surface area (Å²) >= 11 is 0. The van der Waals surface area contributed by atoms with E-state index in [4.69, 9.17) is 0 Å². The molecule has 0 saturated heterocycles. The summed E-state index contributed by atoms with van der Waals surface area (Å²) in [6, 6.07) is 16.0. The molecule has 2 N–H and O–H groups in total. The van der Waals surface area contributed by atoms with E-state index >= 15 is 0 Å². The minimum Gasteiger partial charge on any atom is -0.350 e. The van der Waals surface area contributed by atoms with Gasteiger partial charge in [-0.25, -0.2) is 4.98 Å². The zero-order valence-corrected chi connectivity index (χ0v) is 14.4. The number of fused-ring (bicyclic) bond motifs is 1. The molecule has 2 heterocycles. The third-order valence-corrected chi connectivity index (χ3v) is 4.41. The molecule has 6 heteroatoms. The van der Waals surface area contributed by atoms with Gasteiger partial charge in [0.25, 0.3) is 0 Å². The number of nitrogens with zero attached hydrogens (tertiary/aromatic N) is 3. The van der Waals surface area contributed by atoms with Gasteiger partial charge in [-0.2, -0.15) is 5.10 Å². The number of H-pyrrole nitrogens is 1. The van der Waals surface area contributed by atoms with Crippen molar-refractivity contribution in [2.45, 2.75) is 20.0 Å². The first-order valence-electron chi connectivity index (χ1n) is 8.46. The quantitative estimate of drug-likeness (QED) is 0.584. The molecule has 0 aliphatic rings. The third-order valence-electron chi connectivity index (χ3n) is 4.41. The zero-order valence-electron chi connectivity index (χ0n) is 14.4. The van der Waals surface area contributed by atoms with Gasteiger partial charge < -0.3 is 9.88 Å². The first kappa shape index (κ1) is 16.1. The number of hydrogen-bond acceptors (Lipinski definition) is 3. The summed E-state index contributed by atoms with van der Waals surface area (Å²) in [5.74, 6) is 0.697. The summed E-state index contributed by atoms with van der Waals surface area (Å²) in [5.41, 5.74) is 4.21. The van der Waals surface area contributed by atoms with Crippen LogP contribution in [0.15, 0.2) is 61.1 Å². The van der Waals surface area contributed by atoms with Gasteiger partial charge in [0.05, 0.1) is 0 Å². The second kappa shape index (κ2) is 6.84. The minimum atomic E-state index is -0.0178. The van der Waals surface area contributed by atoms with Gasteiger partial charge in [0.2, 0.25) is 5.91 Å². The summed E-state index contributed by atoms with van der Waals surface area (Å²) < 4.78 is 1.99. The number of rotatable bonds is 5. The fourth-order valence-corrected chi connectivity index (χ4v) is 3.15. The number of hydrogen-bond donors (Lipinski definition) is 2. The number of nitrogens with one attached hydrogen (secondary N) is 2. The molecule has 0 atom stereocenters. The van der Waals surface area contributed by atoms with E-state index in [-0.39, 0.29) is 5.91 Å². The van der Waals surface area contributed by atoms with Gasteiger partial charge in [0.15, 0.2) is 5.82 Å². The Morgan fingerprint density at radius 1 is 1.19 bits per heavy atom. The van der Waals surface area contributed by atoms with Crippen molar-refractivity contribution in [1.82, 2.24) is 25.1 Å². The molecule has 130 valence electrons. The topological polar surface area (TPSA) is 75.6 Å². The van der Waals surface area contributed by atoms with Crippen molar-refractivity contribution in [3.05, 3.63) is 72.2 Å². The molecule has 2 aromatic carbocycles.